The van der Waals surface area contributed by atoms with E-state index in [1.807, 2.05) is 0 Å². The van der Waals surface area contributed by atoms with Crippen LogP contribution >= 0.6 is 0 Å². The summed E-state index contributed by atoms with van der Waals surface area (Å²) in [6, 6.07) is 9.83. The van der Waals surface area contributed by atoms with E-state index in [1.54, 1.807) is 23.1 Å². The van der Waals surface area contributed by atoms with Gasteiger partial charge in [-0.25, -0.2) is 0 Å². The first kappa shape index (κ1) is 20.7. The van der Waals surface area contributed by atoms with E-state index in [1.165, 1.54) is 26.4 Å². The molecular weight excluding hydrogens is 415 g/mol. The minimum absolute atomic E-state index is 0.0399. The highest BCUT2D eigenvalue weighted by atomic mass is 19.4. The highest BCUT2D eigenvalue weighted by Crippen LogP contribution is 2.37. The van der Waals surface area contributed by atoms with E-state index >= 15 is 0 Å². The number of aromatic nitrogens is 2. The van der Waals surface area contributed by atoms with Crippen molar-refractivity contribution in [2.75, 3.05) is 25.7 Å². The molecule has 0 unspecified atom stereocenters. The number of methoxy groups -OCH3 is 2. The molecule has 1 saturated heterocycles. The molecule has 4 rings (SSSR count). The Balaban J connectivity index is 1.55. The molecule has 0 spiro atoms. The van der Waals surface area contributed by atoms with E-state index in [4.69, 9.17) is 14.0 Å². The zero-order chi connectivity index (χ0) is 22.2. The molecule has 1 aromatic heterocycles. The molecule has 2 heterocycles. The van der Waals surface area contributed by atoms with Gasteiger partial charge < -0.3 is 18.9 Å². The van der Waals surface area contributed by atoms with Crippen molar-refractivity contribution in [1.82, 2.24) is 10.1 Å². The smallest absolute Gasteiger partial charge is 0.416 e. The Kier molecular flexibility index (Phi) is 5.30. The van der Waals surface area contributed by atoms with Gasteiger partial charge in [-0.05, 0) is 24.3 Å². The maximum atomic E-state index is 13.0. The lowest BCUT2D eigenvalue weighted by Crippen LogP contribution is -2.24. The van der Waals surface area contributed by atoms with E-state index in [0.29, 0.717) is 23.7 Å². The maximum absolute atomic E-state index is 13.0. The lowest BCUT2D eigenvalue weighted by Gasteiger charge is -2.18. The maximum Gasteiger partial charge on any atom is 0.416 e. The molecule has 1 atom stereocenters. The predicted octanol–water partition coefficient (Wildman–Crippen LogP) is 4.29. The number of hydrogen-bond acceptors (Lipinski definition) is 6. The summed E-state index contributed by atoms with van der Waals surface area (Å²) in [7, 11) is 3.02. The van der Waals surface area contributed by atoms with Gasteiger partial charge in [0.1, 0.15) is 0 Å². The Labute approximate surface area is 175 Å². The first-order valence-electron chi connectivity index (χ1n) is 9.33. The number of carbonyl (C=O) groups excluding carboxylic acids is 1. The number of amides is 1. The normalized spacial score (nSPS) is 16.6. The van der Waals surface area contributed by atoms with Crippen molar-refractivity contribution in [3.8, 4) is 22.9 Å². The van der Waals surface area contributed by atoms with Crippen molar-refractivity contribution in [3.63, 3.8) is 0 Å². The van der Waals surface area contributed by atoms with Gasteiger partial charge in [-0.1, -0.05) is 17.3 Å². The lowest BCUT2D eigenvalue weighted by atomic mass is 10.1. The second-order valence-corrected chi connectivity index (χ2v) is 6.98. The standard InChI is InChI=1S/C21H18F3N3O4/c1-29-16-7-6-15(10-17(16)30-2)27-11-13(9-18(27)28)20-25-19(26-31-20)12-4-3-5-14(8-12)21(22,23)24/h3-8,10,13H,9,11H2,1-2H3/t13-/m1/s1. The molecule has 1 fully saturated rings. The number of carbonyl (C=O) groups is 1. The number of ether oxygens (including phenoxy) is 2. The predicted molar refractivity (Wildman–Crippen MR) is 104 cm³/mol. The number of rotatable bonds is 5. The van der Waals surface area contributed by atoms with Crippen molar-refractivity contribution in [1.29, 1.82) is 0 Å². The molecule has 0 bridgehead atoms. The van der Waals surface area contributed by atoms with Gasteiger partial charge in [0.2, 0.25) is 17.6 Å². The molecule has 162 valence electrons. The molecule has 1 aliphatic rings. The van der Waals surface area contributed by atoms with Crippen LogP contribution in [0.5, 0.6) is 11.5 Å². The molecule has 31 heavy (non-hydrogen) atoms. The van der Waals surface area contributed by atoms with Crippen LogP contribution < -0.4 is 14.4 Å². The minimum atomic E-state index is -4.47. The van der Waals surface area contributed by atoms with Crippen LogP contribution in [0.25, 0.3) is 11.4 Å². The minimum Gasteiger partial charge on any atom is -0.493 e. The fourth-order valence-electron chi connectivity index (χ4n) is 3.47. The fraction of sp³-hybridized carbons (Fsp3) is 0.286. The van der Waals surface area contributed by atoms with Crippen molar-refractivity contribution >= 4 is 11.6 Å². The summed E-state index contributed by atoms with van der Waals surface area (Å²) < 4.78 is 54.7. The molecule has 1 aliphatic heterocycles. The third-order valence-electron chi connectivity index (χ3n) is 5.04. The number of benzene rings is 2. The molecule has 0 aliphatic carbocycles. The van der Waals surface area contributed by atoms with Gasteiger partial charge >= 0.3 is 6.18 Å². The molecule has 0 saturated carbocycles. The van der Waals surface area contributed by atoms with Crippen molar-refractivity contribution in [2.24, 2.45) is 0 Å². The van der Waals surface area contributed by atoms with Crippen molar-refractivity contribution in [2.45, 2.75) is 18.5 Å². The van der Waals surface area contributed by atoms with E-state index in [9.17, 15) is 18.0 Å². The first-order valence-corrected chi connectivity index (χ1v) is 9.33. The van der Waals surface area contributed by atoms with Crippen LogP contribution in [-0.2, 0) is 11.0 Å². The summed E-state index contributed by atoms with van der Waals surface area (Å²) in [6.45, 7) is 0.290. The van der Waals surface area contributed by atoms with Gasteiger partial charge in [-0.3, -0.25) is 4.79 Å². The van der Waals surface area contributed by atoms with Gasteiger partial charge in [0, 0.05) is 30.3 Å². The lowest BCUT2D eigenvalue weighted by molar-refractivity contribution is -0.137. The summed E-state index contributed by atoms with van der Waals surface area (Å²) in [4.78, 5) is 18.4. The number of anilines is 1. The van der Waals surface area contributed by atoms with Crippen LogP contribution in [0.1, 0.15) is 23.8 Å². The Morgan fingerprint density at radius 1 is 1.10 bits per heavy atom. The van der Waals surface area contributed by atoms with Gasteiger partial charge in [0.25, 0.3) is 0 Å². The van der Waals surface area contributed by atoms with Crippen molar-refractivity contribution in [3.05, 3.63) is 53.9 Å². The number of halogens is 3. The topological polar surface area (TPSA) is 77.7 Å². The largest absolute Gasteiger partial charge is 0.493 e. The summed E-state index contributed by atoms with van der Waals surface area (Å²) in [5.74, 6) is 0.739. The number of nitrogens with zero attached hydrogens (tertiary/aromatic N) is 3. The SMILES string of the molecule is COc1ccc(N2C[C@H](c3nc(-c4cccc(C(F)(F)F)c4)no3)CC2=O)cc1OC. The molecule has 7 nitrogen and oxygen atoms in total. The van der Waals surface area contributed by atoms with Gasteiger partial charge in [-0.2, -0.15) is 18.2 Å². The van der Waals surface area contributed by atoms with Gasteiger partial charge in [0.15, 0.2) is 11.5 Å². The van der Waals surface area contributed by atoms with E-state index in [-0.39, 0.29) is 35.5 Å². The van der Waals surface area contributed by atoms with Crippen LogP contribution in [-0.4, -0.2) is 36.8 Å². The quantitative estimate of drug-likeness (QED) is 0.597. The second kappa shape index (κ2) is 7.93. The Morgan fingerprint density at radius 3 is 2.58 bits per heavy atom. The van der Waals surface area contributed by atoms with E-state index in [0.717, 1.165) is 12.1 Å². The van der Waals surface area contributed by atoms with Crippen LogP contribution in [0.2, 0.25) is 0 Å². The fourth-order valence-corrected chi connectivity index (χ4v) is 3.47. The van der Waals surface area contributed by atoms with Gasteiger partial charge in [-0.15, -0.1) is 0 Å². The average Bonchev–Trinajstić information content (AvgIpc) is 3.40. The Hall–Kier alpha value is -3.56. The molecule has 0 N–H and O–H groups in total. The first-order chi connectivity index (χ1) is 14.8. The van der Waals surface area contributed by atoms with Crippen LogP contribution in [0.4, 0.5) is 18.9 Å². The summed E-state index contributed by atoms with van der Waals surface area (Å²) in [6.07, 6.45) is -4.33. The molecule has 2 aromatic carbocycles. The summed E-state index contributed by atoms with van der Waals surface area (Å²) in [5.41, 5.74) is 0.0145. The molecule has 10 heteroatoms. The van der Waals surface area contributed by atoms with Crippen LogP contribution in [0, 0.1) is 0 Å². The van der Waals surface area contributed by atoms with E-state index in [2.05, 4.69) is 10.1 Å². The summed E-state index contributed by atoms with van der Waals surface area (Å²) >= 11 is 0. The number of hydrogen-bond donors (Lipinski definition) is 0. The average molecular weight is 433 g/mol. The molecule has 1 amide bonds. The monoisotopic (exact) mass is 433 g/mol. The zero-order valence-electron chi connectivity index (χ0n) is 16.6. The highest BCUT2D eigenvalue weighted by Gasteiger charge is 2.36. The van der Waals surface area contributed by atoms with E-state index < -0.39 is 11.7 Å². The number of alkyl halides is 3. The summed E-state index contributed by atoms with van der Waals surface area (Å²) in [5, 5.41) is 3.81. The van der Waals surface area contributed by atoms with Crippen LogP contribution in [0.3, 0.4) is 0 Å². The molecule has 0 radical (unpaired) electrons. The Bertz CT molecular complexity index is 1110. The third kappa shape index (κ3) is 4.05. The zero-order valence-corrected chi connectivity index (χ0v) is 16.6. The Morgan fingerprint density at radius 2 is 1.87 bits per heavy atom. The molecular formula is C21H18F3N3O4. The molecule has 3 aromatic rings. The highest BCUT2D eigenvalue weighted by molar-refractivity contribution is 5.96. The third-order valence-corrected chi connectivity index (χ3v) is 5.04. The van der Waals surface area contributed by atoms with Gasteiger partial charge in [0.05, 0.1) is 25.7 Å². The second-order valence-electron chi connectivity index (χ2n) is 6.98. The van der Waals surface area contributed by atoms with Crippen LogP contribution in [0.15, 0.2) is 47.0 Å². The van der Waals surface area contributed by atoms with Crippen molar-refractivity contribution < 1.29 is 32.0 Å².